The Balaban J connectivity index is 3.70. The molecule has 0 heterocycles. The topological polar surface area (TPSA) is 32.3 Å². The van der Waals surface area contributed by atoms with Gasteiger partial charge in [-0.25, -0.2) is 4.79 Å². The molecule has 0 bridgehead atoms. The van der Waals surface area contributed by atoms with Crippen LogP contribution in [0.4, 0.5) is 4.79 Å². The predicted octanol–water partition coefficient (Wildman–Crippen LogP) is 2.58. The van der Waals surface area contributed by atoms with Crippen molar-refractivity contribution < 1.29 is 4.79 Å². The fraction of sp³-hybridized carbons (Fsp3) is 0.700. The SMILES string of the molecule is C=C(Br)CNC(=O)N(C)CCC(C)C. The van der Waals surface area contributed by atoms with E-state index in [0.29, 0.717) is 12.5 Å². The van der Waals surface area contributed by atoms with Gasteiger partial charge in [0, 0.05) is 18.1 Å². The van der Waals surface area contributed by atoms with Crippen LogP contribution in [0.25, 0.3) is 0 Å². The zero-order chi connectivity index (χ0) is 11.1. The summed E-state index contributed by atoms with van der Waals surface area (Å²) in [6, 6.07) is -0.0498. The smallest absolute Gasteiger partial charge is 0.317 e. The Morgan fingerprint density at radius 3 is 2.57 bits per heavy atom. The lowest BCUT2D eigenvalue weighted by Gasteiger charge is -2.18. The summed E-state index contributed by atoms with van der Waals surface area (Å²) in [5.41, 5.74) is 0. The normalized spacial score (nSPS) is 10.1. The number of amides is 2. The monoisotopic (exact) mass is 262 g/mol. The van der Waals surface area contributed by atoms with Gasteiger partial charge in [-0.05, 0) is 12.3 Å². The third kappa shape index (κ3) is 6.95. The van der Waals surface area contributed by atoms with Gasteiger partial charge in [-0.3, -0.25) is 0 Å². The molecule has 0 atom stereocenters. The van der Waals surface area contributed by atoms with E-state index in [1.165, 1.54) is 0 Å². The van der Waals surface area contributed by atoms with Gasteiger partial charge < -0.3 is 10.2 Å². The number of carbonyl (C=O) groups is 1. The summed E-state index contributed by atoms with van der Waals surface area (Å²) in [4.78, 5) is 13.1. The van der Waals surface area contributed by atoms with Gasteiger partial charge in [0.05, 0.1) is 6.54 Å². The zero-order valence-corrected chi connectivity index (χ0v) is 10.7. The third-order valence-electron chi connectivity index (χ3n) is 1.82. The molecule has 3 nitrogen and oxygen atoms in total. The summed E-state index contributed by atoms with van der Waals surface area (Å²) in [7, 11) is 1.80. The summed E-state index contributed by atoms with van der Waals surface area (Å²) in [5, 5.41) is 2.75. The molecule has 0 aliphatic heterocycles. The summed E-state index contributed by atoms with van der Waals surface area (Å²) in [6.07, 6.45) is 1.03. The van der Waals surface area contributed by atoms with Crippen LogP contribution in [0.2, 0.25) is 0 Å². The van der Waals surface area contributed by atoms with Crippen LogP contribution in [0.1, 0.15) is 20.3 Å². The van der Waals surface area contributed by atoms with Crippen molar-refractivity contribution in [1.82, 2.24) is 10.2 Å². The van der Waals surface area contributed by atoms with Crippen LogP contribution < -0.4 is 5.32 Å². The number of rotatable bonds is 5. The number of nitrogens with one attached hydrogen (secondary N) is 1. The molecule has 14 heavy (non-hydrogen) atoms. The molecule has 0 spiro atoms. The van der Waals surface area contributed by atoms with E-state index >= 15 is 0 Å². The van der Waals surface area contributed by atoms with Crippen molar-refractivity contribution in [2.24, 2.45) is 5.92 Å². The maximum absolute atomic E-state index is 11.4. The van der Waals surface area contributed by atoms with E-state index in [2.05, 4.69) is 41.7 Å². The number of hydrogen-bond donors (Lipinski definition) is 1. The average Bonchev–Trinajstić information content (AvgIpc) is 2.09. The van der Waals surface area contributed by atoms with Crippen molar-refractivity contribution in [2.75, 3.05) is 20.1 Å². The van der Waals surface area contributed by atoms with E-state index in [1.54, 1.807) is 11.9 Å². The number of urea groups is 1. The second-order valence-electron chi connectivity index (χ2n) is 3.78. The van der Waals surface area contributed by atoms with E-state index in [9.17, 15) is 4.79 Å². The summed E-state index contributed by atoms with van der Waals surface area (Å²) >= 11 is 3.19. The summed E-state index contributed by atoms with van der Waals surface area (Å²) < 4.78 is 0.781. The van der Waals surface area contributed by atoms with Crippen molar-refractivity contribution in [3.05, 3.63) is 11.1 Å². The van der Waals surface area contributed by atoms with Crippen LogP contribution in [0.5, 0.6) is 0 Å². The molecule has 0 aliphatic carbocycles. The van der Waals surface area contributed by atoms with E-state index in [0.717, 1.165) is 17.4 Å². The quantitative estimate of drug-likeness (QED) is 0.812. The highest BCUT2D eigenvalue weighted by Gasteiger charge is 2.07. The van der Waals surface area contributed by atoms with Gasteiger partial charge in [-0.1, -0.05) is 36.4 Å². The highest BCUT2D eigenvalue weighted by atomic mass is 79.9. The van der Waals surface area contributed by atoms with E-state index in [1.807, 2.05) is 0 Å². The molecule has 0 unspecified atom stereocenters. The minimum atomic E-state index is -0.0498. The maximum Gasteiger partial charge on any atom is 0.317 e. The largest absolute Gasteiger partial charge is 0.333 e. The highest BCUT2D eigenvalue weighted by molar-refractivity contribution is 9.11. The van der Waals surface area contributed by atoms with E-state index in [-0.39, 0.29) is 6.03 Å². The van der Waals surface area contributed by atoms with Crippen LogP contribution in [-0.4, -0.2) is 31.1 Å². The number of halogens is 1. The molecule has 0 saturated heterocycles. The molecule has 0 rings (SSSR count). The first-order valence-corrected chi connectivity index (χ1v) is 5.55. The van der Waals surface area contributed by atoms with Gasteiger partial charge in [-0.15, -0.1) is 0 Å². The summed E-state index contributed by atoms with van der Waals surface area (Å²) in [6.45, 7) is 9.20. The van der Waals surface area contributed by atoms with Crippen LogP contribution in [0.15, 0.2) is 11.1 Å². The van der Waals surface area contributed by atoms with Crippen molar-refractivity contribution >= 4 is 22.0 Å². The van der Waals surface area contributed by atoms with Crippen molar-refractivity contribution in [1.29, 1.82) is 0 Å². The molecule has 0 aromatic heterocycles. The van der Waals surface area contributed by atoms with Gasteiger partial charge in [0.25, 0.3) is 0 Å². The standard InChI is InChI=1S/C10H19BrN2O/c1-8(2)5-6-13(4)10(14)12-7-9(3)11/h8H,3,5-7H2,1-2,4H3,(H,12,14). The van der Waals surface area contributed by atoms with Gasteiger partial charge in [0.15, 0.2) is 0 Å². The van der Waals surface area contributed by atoms with E-state index in [4.69, 9.17) is 0 Å². The van der Waals surface area contributed by atoms with Gasteiger partial charge in [0.1, 0.15) is 0 Å². The molecular formula is C10H19BrN2O. The molecular weight excluding hydrogens is 244 g/mol. The Bertz CT molecular complexity index is 204. The molecule has 0 aliphatic rings. The van der Waals surface area contributed by atoms with Crippen LogP contribution in [-0.2, 0) is 0 Å². The number of nitrogens with zero attached hydrogens (tertiary/aromatic N) is 1. The van der Waals surface area contributed by atoms with Gasteiger partial charge in [0.2, 0.25) is 0 Å². The molecule has 82 valence electrons. The third-order valence-corrected chi connectivity index (χ3v) is 2.10. The molecule has 0 fully saturated rings. The molecule has 2 amide bonds. The van der Waals surface area contributed by atoms with Crippen molar-refractivity contribution in [3.63, 3.8) is 0 Å². The number of hydrogen-bond acceptors (Lipinski definition) is 1. The van der Waals surface area contributed by atoms with Crippen LogP contribution in [0, 0.1) is 5.92 Å². The molecule has 4 heteroatoms. The lowest BCUT2D eigenvalue weighted by molar-refractivity contribution is 0.207. The predicted molar refractivity (Wildman–Crippen MR) is 63.6 cm³/mol. The maximum atomic E-state index is 11.4. The molecule has 0 radical (unpaired) electrons. The Labute approximate surface area is 94.7 Å². The van der Waals surface area contributed by atoms with Gasteiger partial charge in [-0.2, -0.15) is 0 Å². The Morgan fingerprint density at radius 1 is 1.57 bits per heavy atom. The van der Waals surface area contributed by atoms with Crippen LogP contribution >= 0.6 is 15.9 Å². The van der Waals surface area contributed by atoms with Crippen LogP contribution in [0.3, 0.4) is 0 Å². The lowest BCUT2D eigenvalue weighted by Crippen LogP contribution is -2.38. The Hall–Kier alpha value is -0.510. The van der Waals surface area contributed by atoms with Crippen molar-refractivity contribution in [3.8, 4) is 0 Å². The second kappa shape index (κ2) is 6.87. The van der Waals surface area contributed by atoms with Gasteiger partial charge >= 0.3 is 6.03 Å². The zero-order valence-electron chi connectivity index (χ0n) is 9.14. The minimum Gasteiger partial charge on any atom is -0.333 e. The molecule has 1 N–H and O–H groups in total. The van der Waals surface area contributed by atoms with E-state index < -0.39 is 0 Å². The van der Waals surface area contributed by atoms with Crippen molar-refractivity contribution in [2.45, 2.75) is 20.3 Å². The number of carbonyl (C=O) groups excluding carboxylic acids is 1. The second-order valence-corrected chi connectivity index (χ2v) is 4.90. The summed E-state index contributed by atoms with van der Waals surface area (Å²) in [5.74, 6) is 0.622. The Morgan fingerprint density at radius 2 is 2.14 bits per heavy atom. The molecule has 0 aromatic carbocycles. The fourth-order valence-electron chi connectivity index (χ4n) is 0.860. The first kappa shape index (κ1) is 13.5. The first-order valence-electron chi connectivity index (χ1n) is 4.75. The molecule has 0 saturated carbocycles. The Kier molecular flexibility index (Phi) is 6.62. The lowest BCUT2D eigenvalue weighted by atomic mass is 10.1. The molecule has 0 aromatic rings. The first-order chi connectivity index (χ1) is 6.43. The average molecular weight is 263 g/mol. The minimum absolute atomic E-state index is 0.0498. The fourth-order valence-corrected chi connectivity index (χ4v) is 1.00. The highest BCUT2D eigenvalue weighted by Crippen LogP contribution is 2.01.